The molecule has 1 aliphatic rings. The molecule has 1 saturated heterocycles. The van der Waals surface area contributed by atoms with Crippen molar-refractivity contribution in [2.24, 2.45) is 0 Å². The van der Waals surface area contributed by atoms with Gasteiger partial charge in [-0.25, -0.2) is 4.68 Å². The van der Waals surface area contributed by atoms with Crippen LogP contribution >= 0.6 is 0 Å². The number of amides is 1. The van der Waals surface area contributed by atoms with Crippen LogP contribution in [0, 0.1) is 0 Å². The van der Waals surface area contributed by atoms with Crippen molar-refractivity contribution in [2.45, 2.75) is 0 Å². The summed E-state index contributed by atoms with van der Waals surface area (Å²) in [5.41, 5.74) is 4.57. The Hall–Kier alpha value is -4.39. The Morgan fingerprint density at radius 2 is 1.71 bits per heavy atom. The van der Waals surface area contributed by atoms with E-state index in [1.807, 2.05) is 82.5 Å². The van der Waals surface area contributed by atoms with E-state index in [4.69, 9.17) is 9.84 Å². The average molecular weight is 466 g/mol. The smallest absolute Gasteiger partial charge is 0.246 e. The van der Waals surface area contributed by atoms with Crippen LogP contribution in [0.5, 0.6) is 5.75 Å². The van der Waals surface area contributed by atoms with E-state index in [1.54, 1.807) is 25.6 Å². The van der Waals surface area contributed by atoms with Crippen molar-refractivity contribution in [2.75, 3.05) is 38.2 Å². The van der Waals surface area contributed by atoms with Crippen molar-refractivity contribution in [3.05, 3.63) is 97.0 Å². The number of carbonyl (C=O) groups is 1. The topological polar surface area (TPSA) is 63.5 Å². The fourth-order valence-electron chi connectivity index (χ4n) is 4.27. The summed E-state index contributed by atoms with van der Waals surface area (Å²) in [5, 5.41) is 4.78. The third-order valence-electron chi connectivity index (χ3n) is 6.12. The molecule has 7 nitrogen and oxygen atoms in total. The van der Waals surface area contributed by atoms with Crippen molar-refractivity contribution in [3.63, 3.8) is 0 Å². The van der Waals surface area contributed by atoms with Gasteiger partial charge in [0.2, 0.25) is 5.91 Å². The number of methoxy groups -OCH3 is 1. The SMILES string of the molecule is COc1ccccc1N1CCN(C(=O)/C=C/c2cn(-c3ccccc3)nc2-c2cccnc2)CC1. The van der Waals surface area contributed by atoms with Gasteiger partial charge in [0, 0.05) is 62.0 Å². The summed E-state index contributed by atoms with van der Waals surface area (Å²) in [6.07, 6.45) is 8.96. The minimum Gasteiger partial charge on any atom is -0.495 e. The lowest BCUT2D eigenvalue weighted by molar-refractivity contribution is -0.126. The first-order chi connectivity index (χ1) is 17.2. The third-order valence-corrected chi connectivity index (χ3v) is 6.12. The fourth-order valence-corrected chi connectivity index (χ4v) is 4.27. The summed E-state index contributed by atoms with van der Waals surface area (Å²) in [6.45, 7) is 2.82. The van der Waals surface area contributed by atoms with Crippen LogP contribution in [0.2, 0.25) is 0 Å². The number of carbonyl (C=O) groups excluding carboxylic acids is 1. The molecule has 0 unspecified atom stereocenters. The molecule has 2 aromatic heterocycles. The summed E-state index contributed by atoms with van der Waals surface area (Å²) in [6, 6.07) is 21.8. The molecular formula is C28H27N5O2. The van der Waals surface area contributed by atoms with Crippen LogP contribution in [-0.4, -0.2) is 58.9 Å². The molecule has 1 fully saturated rings. The second-order valence-corrected chi connectivity index (χ2v) is 8.27. The Kier molecular flexibility index (Phi) is 6.57. The number of piperazine rings is 1. The van der Waals surface area contributed by atoms with Gasteiger partial charge in [0.1, 0.15) is 11.4 Å². The number of nitrogens with zero attached hydrogens (tertiary/aromatic N) is 5. The number of ether oxygens (including phenoxy) is 1. The fraction of sp³-hybridized carbons (Fsp3) is 0.179. The first-order valence-electron chi connectivity index (χ1n) is 11.6. The molecular weight excluding hydrogens is 438 g/mol. The number of benzene rings is 2. The summed E-state index contributed by atoms with van der Waals surface area (Å²) in [5.74, 6) is 0.847. The van der Waals surface area contributed by atoms with Crippen LogP contribution in [0.3, 0.4) is 0 Å². The molecule has 2 aromatic carbocycles. The van der Waals surface area contributed by atoms with Crippen LogP contribution in [0.4, 0.5) is 5.69 Å². The Balaban J connectivity index is 1.32. The van der Waals surface area contributed by atoms with Gasteiger partial charge in [0.25, 0.3) is 0 Å². The van der Waals surface area contributed by atoms with Crippen LogP contribution in [0.1, 0.15) is 5.56 Å². The van der Waals surface area contributed by atoms with Gasteiger partial charge in [-0.3, -0.25) is 9.78 Å². The van der Waals surface area contributed by atoms with Gasteiger partial charge in [-0.05, 0) is 42.5 Å². The summed E-state index contributed by atoms with van der Waals surface area (Å²) < 4.78 is 7.33. The molecule has 0 atom stereocenters. The predicted octanol–water partition coefficient (Wildman–Crippen LogP) is 4.30. The predicted molar refractivity (Wildman–Crippen MR) is 138 cm³/mol. The second kappa shape index (κ2) is 10.3. The van der Waals surface area contributed by atoms with E-state index >= 15 is 0 Å². The van der Waals surface area contributed by atoms with E-state index in [0.29, 0.717) is 13.1 Å². The highest BCUT2D eigenvalue weighted by Gasteiger charge is 2.22. The van der Waals surface area contributed by atoms with Crippen LogP contribution in [0.15, 0.2) is 91.4 Å². The number of aromatic nitrogens is 3. The van der Waals surface area contributed by atoms with Crippen molar-refractivity contribution < 1.29 is 9.53 Å². The Labute approximate surface area is 204 Å². The largest absolute Gasteiger partial charge is 0.495 e. The minimum atomic E-state index is -0.00530. The lowest BCUT2D eigenvalue weighted by Crippen LogP contribution is -2.48. The molecule has 7 heteroatoms. The molecule has 3 heterocycles. The second-order valence-electron chi connectivity index (χ2n) is 8.27. The maximum absolute atomic E-state index is 13.0. The van der Waals surface area contributed by atoms with Crippen molar-refractivity contribution in [3.8, 4) is 22.7 Å². The zero-order valence-electron chi connectivity index (χ0n) is 19.6. The molecule has 0 spiro atoms. The van der Waals surface area contributed by atoms with Crippen molar-refractivity contribution in [1.29, 1.82) is 0 Å². The highest BCUT2D eigenvalue weighted by molar-refractivity contribution is 5.93. The van der Waals surface area contributed by atoms with Gasteiger partial charge in [0.15, 0.2) is 0 Å². The number of rotatable bonds is 6. The number of pyridine rings is 1. The zero-order valence-corrected chi connectivity index (χ0v) is 19.6. The van der Waals surface area contributed by atoms with Gasteiger partial charge >= 0.3 is 0 Å². The van der Waals surface area contributed by atoms with E-state index in [0.717, 1.165) is 47.0 Å². The van der Waals surface area contributed by atoms with Gasteiger partial charge in [0.05, 0.1) is 18.5 Å². The summed E-state index contributed by atoms with van der Waals surface area (Å²) in [4.78, 5) is 21.4. The first kappa shape index (κ1) is 22.4. The lowest BCUT2D eigenvalue weighted by Gasteiger charge is -2.36. The zero-order chi connectivity index (χ0) is 24.0. The monoisotopic (exact) mass is 465 g/mol. The van der Waals surface area contributed by atoms with E-state index in [9.17, 15) is 4.79 Å². The number of hydrogen-bond acceptors (Lipinski definition) is 5. The molecule has 5 rings (SSSR count). The van der Waals surface area contributed by atoms with Crippen molar-refractivity contribution >= 4 is 17.7 Å². The van der Waals surface area contributed by atoms with Gasteiger partial charge in [-0.2, -0.15) is 5.10 Å². The Bertz CT molecular complexity index is 1310. The molecule has 0 aliphatic carbocycles. The Morgan fingerprint density at radius 3 is 2.46 bits per heavy atom. The van der Waals surface area contributed by atoms with E-state index in [-0.39, 0.29) is 5.91 Å². The maximum atomic E-state index is 13.0. The van der Waals surface area contributed by atoms with Gasteiger partial charge < -0.3 is 14.5 Å². The molecule has 176 valence electrons. The molecule has 0 saturated carbocycles. The highest BCUT2D eigenvalue weighted by Crippen LogP contribution is 2.28. The quantitative estimate of drug-likeness (QED) is 0.397. The third kappa shape index (κ3) is 4.94. The molecule has 0 bridgehead atoms. The number of para-hydroxylation sites is 3. The van der Waals surface area contributed by atoms with E-state index in [2.05, 4.69) is 16.0 Å². The van der Waals surface area contributed by atoms with Gasteiger partial charge in [-0.1, -0.05) is 30.3 Å². The summed E-state index contributed by atoms with van der Waals surface area (Å²) in [7, 11) is 1.68. The highest BCUT2D eigenvalue weighted by atomic mass is 16.5. The molecule has 1 amide bonds. The van der Waals surface area contributed by atoms with E-state index < -0.39 is 0 Å². The first-order valence-corrected chi connectivity index (χ1v) is 11.6. The van der Waals surface area contributed by atoms with Gasteiger partial charge in [-0.15, -0.1) is 0 Å². The number of hydrogen-bond donors (Lipinski definition) is 0. The Morgan fingerprint density at radius 1 is 0.943 bits per heavy atom. The maximum Gasteiger partial charge on any atom is 0.246 e. The molecule has 0 radical (unpaired) electrons. The summed E-state index contributed by atoms with van der Waals surface area (Å²) >= 11 is 0. The van der Waals surface area contributed by atoms with Crippen molar-refractivity contribution in [1.82, 2.24) is 19.7 Å². The minimum absolute atomic E-state index is 0.00530. The van der Waals surface area contributed by atoms with Crippen LogP contribution in [-0.2, 0) is 4.79 Å². The van der Waals surface area contributed by atoms with Crippen LogP contribution in [0.25, 0.3) is 23.0 Å². The van der Waals surface area contributed by atoms with E-state index in [1.165, 1.54) is 0 Å². The number of anilines is 1. The lowest BCUT2D eigenvalue weighted by atomic mass is 10.1. The standard InChI is InChI=1S/C28H27N5O2/c1-35-26-12-6-5-11-25(26)31-16-18-32(19-17-31)27(34)14-13-23-21-33(24-9-3-2-4-10-24)30-28(23)22-8-7-15-29-20-22/h2-15,20-21H,16-19H2,1H3/b14-13+. The van der Waals surface area contributed by atoms with Crippen LogP contribution < -0.4 is 9.64 Å². The molecule has 35 heavy (non-hydrogen) atoms. The molecule has 1 aliphatic heterocycles. The molecule has 4 aromatic rings. The molecule has 0 N–H and O–H groups in total. The normalized spacial score (nSPS) is 13.9. The average Bonchev–Trinajstić information content (AvgIpc) is 3.37.